The normalized spacial score (nSPS) is 13.4. The van der Waals surface area contributed by atoms with Crippen molar-refractivity contribution in [2.24, 2.45) is 0 Å². The Hall–Kier alpha value is -1.39. The highest BCUT2D eigenvalue weighted by Gasteiger charge is 2.11. The maximum atomic E-state index is 5.50. The van der Waals surface area contributed by atoms with Crippen molar-refractivity contribution in [3.63, 3.8) is 0 Å². The summed E-state index contributed by atoms with van der Waals surface area (Å²) in [6.45, 7) is 4.63. The number of fused-ring (bicyclic) bond motifs is 1. The second-order valence-electron chi connectivity index (χ2n) is 4.51. The smallest absolute Gasteiger partial charge is 0.122 e. The Bertz CT molecular complexity index is 550. The van der Waals surface area contributed by atoms with Crippen molar-refractivity contribution >= 4 is 11.3 Å². The average molecular weight is 260 g/mol. The van der Waals surface area contributed by atoms with Crippen molar-refractivity contribution in [3.05, 3.63) is 45.4 Å². The molecule has 2 heterocycles. The maximum Gasteiger partial charge on any atom is 0.122 e. The number of hydrogen-bond donors (Lipinski definition) is 1. The summed E-state index contributed by atoms with van der Waals surface area (Å²) in [4.78, 5) is 5.61. The SMILES string of the molecule is Cc1cnc(CNCc2ccc3c(c2)CCO3)s1. The molecule has 1 aliphatic heterocycles. The molecule has 1 aliphatic rings. The number of aryl methyl sites for hydroxylation is 1. The van der Waals surface area contributed by atoms with Crippen molar-refractivity contribution in [2.45, 2.75) is 26.4 Å². The fourth-order valence-corrected chi connectivity index (χ4v) is 2.90. The first-order chi connectivity index (χ1) is 8.81. The molecule has 0 aliphatic carbocycles. The molecule has 94 valence electrons. The van der Waals surface area contributed by atoms with Gasteiger partial charge in [0.2, 0.25) is 0 Å². The zero-order valence-electron chi connectivity index (χ0n) is 10.4. The van der Waals surface area contributed by atoms with Crippen LogP contribution in [0.1, 0.15) is 21.0 Å². The van der Waals surface area contributed by atoms with E-state index in [-0.39, 0.29) is 0 Å². The number of hydrogen-bond acceptors (Lipinski definition) is 4. The number of nitrogens with one attached hydrogen (secondary N) is 1. The third-order valence-corrected chi connectivity index (χ3v) is 3.94. The van der Waals surface area contributed by atoms with Gasteiger partial charge in [-0.3, -0.25) is 0 Å². The summed E-state index contributed by atoms with van der Waals surface area (Å²) >= 11 is 1.75. The van der Waals surface area contributed by atoms with Crippen molar-refractivity contribution < 1.29 is 4.74 Å². The lowest BCUT2D eigenvalue weighted by molar-refractivity contribution is 0.357. The van der Waals surface area contributed by atoms with Gasteiger partial charge in [-0.1, -0.05) is 12.1 Å². The predicted octanol–water partition coefficient (Wildman–Crippen LogP) is 2.68. The van der Waals surface area contributed by atoms with E-state index in [1.54, 1.807) is 11.3 Å². The van der Waals surface area contributed by atoms with Crippen LogP contribution in [0.15, 0.2) is 24.4 Å². The van der Waals surface area contributed by atoms with E-state index in [1.807, 2.05) is 6.20 Å². The van der Waals surface area contributed by atoms with E-state index in [0.717, 1.165) is 36.9 Å². The first-order valence-corrected chi connectivity index (χ1v) is 6.99. The van der Waals surface area contributed by atoms with Crippen LogP contribution in [0.25, 0.3) is 0 Å². The summed E-state index contributed by atoms with van der Waals surface area (Å²) in [5.41, 5.74) is 2.65. The molecule has 18 heavy (non-hydrogen) atoms. The highest BCUT2D eigenvalue weighted by molar-refractivity contribution is 7.11. The maximum absolute atomic E-state index is 5.50. The molecule has 0 fully saturated rings. The van der Waals surface area contributed by atoms with Crippen LogP contribution in [0.3, 0.4) is 0 Å². The average Bonchev–Trinajstić information content (AvgIpc) is 2.97. The van der Waals surface area contributed by atoms with E-state index in [0.29, 0.717) is 0 Å². The molecular weight excluding hydrogens is 244 g/mol. The number of rotatable bonds is 4. The molecule has 3 nitrogen and oxygen atoms in total. The number of nitrogens with zero attached hydrogens (tertiary/aromatic N) is 1. The second kappa shape index (κ2) is 5.08. The van der Waals surface area contributed by atoms with Crippen molar-refractivity contribution in [1.29, 1.82) is 0 Å². The number of aromatic nitrogens is 1. The van der Waals surface area contributed by atoms with E-state index >= 15 is 0 Å². The van der Waals surface area contributed by atoms with E-state index in [4.69, 9.17) is 4.74 Å². The van der Waals surface area contributed by atoms with Gasteiger partial charge in [-0.25, -0.2) is 4.98 Å². The molecule has 0 atom stereocenters. The van der Waals surface area contributed by atoms with Gasteiger partial charge in [0.15, 0.2) is 0 Å². The third-order valence-electron chi connectivity index (χ3n) is 3.03. The quantitative estimate of drug-likeness (QED) is 0.917. The van der Waals surface area contributed by atoms with E-state index in [1.165, 1.54) is 16.0 Å². The fraction of sp³-hybridized carbons (Fsp3) is 0.357. The van der Waals surface area contributed by atoms with E-state index in [9.17, 15) is 0 Å². The lowest BCUT2D eigenvalue weighted by Gasteiger charge is -2.05. The molecule has 1 aromatic heterocycles. The van der Waals surface area contributed by atoms with Crippen LogP contribution in [0, 0.1) is 6.92 Å². The highest BCUT2D eigenvalue weighted by atomic mass is 32.1. The number of benzene rings is 1. The molecule has 0 radical (unpaired) electrons. The van der Waals surface area contributed by atoms with Gasteiger partial charge in [-0.05, 0) is 24.1 Å². The van der Waals surface area contributed by atoms with Crippen molar-refractivity contribution in [1.82, 2.24) is 10.3 Å². The Morgan fingerprint density at radius 3 is 3.17 bits per heavy atom. The topological polar surface area (TPSA) is 34.2 Å². The number of thiazole rings is 1. The molecule has 0 amide bonds. The fourth-order valence-electron chi connectivity index (χ4n) is 2.15. The monoisotopic (exact) mass is 260 g/mol. The van der Waals surface area contributed by atoms with Crippen LogP contribution >= 0.6 is 11.3 Å². The van der Waals surface area contributed by atoms with E-state index < -0.39 is 0 Å². The van der Waals surface area contributed by atoms with Crippen LogP contribution in [-0.2, 0) is 19.5 Å². The van der Waals surface area contributed by atoms with Crippen LogP contribution in [0.5, 0.6) is 5.75 Å². The summed E-state index contributed by atoms with van der Waals surface area (Å²) in [5.74, 6) is 1.05. The van der Waals surface area contributed by atoms with Gasteiger partial charge in [0.1, 0.15) is 10.8 Å². The largest absolute Gasteiger partial charge is 0.493 e. The molecule has 0 unspecified atom stereocenters. The van der Waals surface area contributed by atoms with E-state index in [2.05, 4.69) is 35.4 Å². The summed E-state index contributed by atoms with van der Waals surface area (Å²) in [7, 11) is 0. The summed E-state index contributed by atoms with van der Waals surface area (Å²) < 4.78 is 5.50. The molecule has 4 heteroatoms. The second-order valence-corrected chi connectivity index (χ2v) is 5.83. The zero-order valence-corrected chi connectivity index (χ0v) is 11.2. The van der Waals surface area contributed by atoms with Gasteiger partial charge in [0.05, 0.1) is 6.61 Å². The third kappa shape index (κ3) is 2.54. The minimum atomic E-state index is 0.824. The molecule has 1 aromatic carbocycles. The molecule has 1 N–H and O–H groups in total. The molecule has 3 rings (SSSR count). The molecule has 0 saturated carbocycles. The molecule has 0 saturated heterocycles. The Labute approximate surface area is 111 Å². The highest BCUT2D eigenvalue weighted by Crippen LogP contribution is 2.25. The van der Waals surface area contributed by atoms with Gasteiger partial charge in [0.25, 0.3) is 0 Å². The van der Waals surface area contributed by atoms with Crippen LogP contribution in [0.4, 0.5) is 0 Å². The van der Waals surface area contributed by atoms with Gasteiger partial charge in [-0.15, -0.1) is 11.3 Å². The van der Waals surface area contributed by atoms with Crippen molar-refractivity contribution in [3.8, 4) is 5.75 Å². The number of ether oxygens (including phenoxy) is 1. The Morgan fingerprint density at radius 2 is 2.33 bits per heavy atom. The molecule has 2 aromatic rings. The first-order valence-electron chi connectivity index (χ1n) is 6.18. The van der Waals surface area contributed by atoms with Gasteiger partial charge < -0.3 is 10.1 Å². The molecule has 0 spiro atoms. The molecular formula is C14H16N2OS. The van der Waals surface area contributed by atoms with Crippen LogP contribution in [-0.4, -0.2) is 11.6 Å². The Morgan fingerprint density at radius 1 is 1.39 bits per heavy atom. The van der Waals surface area contributed by atoms with Crippen molar-refractivity contribution in [2.75, 3.05) is 6.61 Å². The minimum absolute atomic E-state index is 0.824. The zero-order chi connectivity index (χ0) is 12.4. The summed E-state index contributed by atoms with van der Waals surface area (Å²) in [5, 5.41) is 4.58. The standard InChI is InChI=1S/C14H16N2OS/c1-10-7-16-14(18-10)9-15-8-11-2-3-13-12(6-11)4-5-17-13/h2-3,6-7,15H,4-5,8-9H2,1H3. The lowest BCUT2D eigenvalue weighted by Crippen LogP contribution is -2.12. The van der Waals surface area contributed by atoms with Crippen LogP contribution < -0.4 is 10.1 Å². The predicted molar refractivity (Wildman–Crippen MR) is 73.0 cm³/mol. The molecule has 0 bridgehead atoms. The van der Waals surface area contributed by atoms with Gasteiger partial charge in [0, 0.05) is 30.6 Å². The van der Waals surface area contributed by atoms with Crippen LogP contribution in [0.2, 0.25) is 0 Å². The minimum Gasteiger partial charge on any atom is -0.493 e. The summed E-state index contributed by atoms with van der Waals surface area (Å²) in [6.07, 6.45) is 2.96. The summed E-state index contributed by atoms with van der Waals surface area (Å²) in [6, 6.07) is 6.44. The Kier molecular flexibility index (Phi) is 3.30. The van der Waals surface area contributed by atoms with Gasteiger partial charge >= 0.3 is 0 Å². The van der Waals surface area contributed by atoms with Gasteiger partial charge in [-0.2, -0.15) is 0 Å². The lowest BCUT2D eigenvalue weighted by atomic mass is 10.1. The Balaban J connectivity index is 1.57. The first kappa shape index (κ1) is 11.7.